The van der Waals surface area contributed by atoms with Gasteiger partial charge in [0.1, 0.15) is 0 Å². The maximum absolute atomic E-state index is 4.97. The van der Waals surface area contributed by atoms with Crippen molar-refractivity contribution in [3.05, 3.63) is 0 Å². The van der Waals surface area contributed by atoms with Gasteiger partial charge in [0.05, 0.1) is 0 Å². The molecule has 8 saturated heterocycles. The summed E-state index contributed by atoms with van der Waals surface area (Å²) in [6.07, 6.45) is 20.3. The predicted molar refractivity (Wildman–Crippen MR) is 166 cm³/mol. The summed E-state index contributed by atoms with van der Waals surface area (Å²) < 4.78 is 22.0. The molecule has 0 saturated carbocycles. The van der Waals surface area contributed by atoms with Gasteiger partial charge in [-0.05, 0) is 0 Å². The van der Waals surface area contributed by atoms with E-state index in [0.717, 1.165) is 0 Å². The van der Waals surface area contributed by atoms with Crippen molar-refractivity contribution in [2.24, 2.45) is 0 Å². The Balaban J connectivity index is 1.34. The average Bonchev–Trinajstić information content (AvgIpc) is 3.80. The average molecular weight is 588 g/mol. The van der Waals surface area contributed by atoms with Crippen LogP contribution in [0.1, 0.15) is 89.9 Å². The number of nitrogens with zero attached hydrogens (tertiary/aromatic N) is 7. The van der Waals surface area contributed by atoms with Gasteiger partial charge in [-0.15, -0.1) is 0 Å². The Labute approximate surface area is 233 Å². The molecule has 0 bridgehead atoms. The molecule has 8 aliphatic rings. The van der Waals surface area contributed by atoms with Gasteiger partial charge in [0.15, 0.2) is 0 Å². The molecular weight excluding hydrogens is 531 g/mol. The third-order valence-corrected chi connectivity index (χ3v) is 28.9. The number of hydrogen-bond donors (Lipinski definition) is 2. The van der Waals surface area contributed by atoms with Gasteiger partial charge in [0, 0.05) is 0 Å². The summed E-state index contributed by atoms with van der Waals surface area (Å²) in [6, 6.07) is 0. The van der Waals surface area contributed by atoms with Crippen molar-refractivity contribution in [3.63, 3.8) is 0 Å². The van der Waals surface area contributed by atoms with Gasteiger partial charge in [0.25, 0.3) is 0 Å². The molecule has 8 fully saturated rings. The van der Waals surface area contributed by atoms with Crippen LogP contribution in [0.15, 0.2) is 0 Å². The zero-order chi connectivity index (χ0) is 25.2. The Morgan fingerprint density at radius 1 is 0.395 bits per heavy atom. The quantitative estimate of drug-likeness (QED) is 0.456. The van der Waals surface area contributed by atoms with Crippen molar-refractivity contribution in [2.45, 2.75) is 96.1 Å². The second-order valence-electron chi connectivity index (χ2n) is 13.6. The van der Waals surface area contributed by atoms with E-state index in [2.05, 4.69) is 32.5 Å². The van der Waals surface area contributed by atoms with E-state index in [1.807, 2.05) is 0 Å². The molecule has 0 aliphatic carbocycles. The summed E-state index contributed by atoms with van der Waals surface area (Å²) in [5.41, 5.74) is 0. The third-order valence-electron chi connectivity index (χ3n) is 11.5. The first-order valence-corrected chi connectivity index (χ1v) is 22.3. The van der Waals surface area contributed by atoms with E-state index in [1.54, 1.807) is 0 Å². The molecular formula is C26H56N9P3. The third kappa shape index (κ3) is 3.81. The zero-order valence-electron chi connectivity index (χ0n) is 23.9. The summed E-state index contributed by atoms with van der Waals surface area (Å²) in [5, 5.41) is 0. The number of rotatable bonds is 5. The molecule has 0 amide bonds. The number of fused-ring (bicyclic) bond motifs is 4. The van der Waals surface area contributed by atoms with Gasteiger partial charge in [-0.1, -0.05) is 0 Å². The number of piperidine rings is 2. The van der Waals surface area contributed by atoms with E-state index in [-0.39, 0.29) is 0 Å². The maximum atomic E-state index is 4.97. The molecule has 8 aliphatic heterocycles. The minimum atomic E-state index is -2.31. The van der Waals surface area contributed by atoms with Gasteiger partial charge in [-0.3, -0.25) is 0 Å². The topological polar surface area (TPSA) is 46.7 Å². The van der Waals surface area contributed by atoms with E-state index in [0.29, 0.717) is 6.17 Å². The van der Waals surface area contributed by atoms with Crippen LogP contribution in [-0.4, -0.2) is 111 Å². The molecule has 1 atom stereocenters. The number of hydrogen-bond acceptors (Lipinski definition) is 9. The van der Waals surface area contributed by atoms with Crippen molar-refractivity contribution in [3.8, 4) is 0 Å². The van der Waals surface area contributed by atoms with Crippen LogP contribution in [0, 0.1) is 0 Å². The van der Waals surface area contributed by atoms with Crippen molar-refractivity contribution < 1.29 is 0 Å². The van der Waals surface area contributed by atoms with Crippen LogP contribution < -0.4 is 9.72 Å². The summed E-state index contributed by atoms with van der Waals surface area (Å²) in [4.78, 5) is 9.88. The molecule has 38 heavy (non-hydrogen) atoms. The van der Waals surface area contributed by atoms with Gasteiger partial charge >= 0.3 is 234 Å². The summed E-state index contributed by atoms with van der Waals surface area (Å²) >= 11 is 0. The molecule has 0 aromatic heterocycles. The molecule has 8 heterocycles. The summed E-state index contributed by atoms with van der Waals surface area (Å²) in [5.74, 6) is 0. The second-order valence-corrected chi connectivity index (χ2v) is 24.6. The van der Waals surface area contributed by atoms with Crippen molar-refractivity contribution >= 4 is 23.6 Å². The Morgan fingerprint density at radius 2 is 0.789 bits per heavy atom. The van der Waals surface area contributed by atoms with Crippen LogP contribution in [0.3, 0.4) is 0 Å². The molecule has 220 valence electrons. The number of nitrogens with one attached hydrogen (secondary N) is 2. The fourth-order valence-electron chi connectivity index (χ4n) is 9.89. The van der Waals surface area contributed by atoms with E-state index in [9.17, 15) is 0 Å². The summed E-state index contributed by atoms with van der Waals surface area (Å²) in [6.45, 7) is 14.5. The molecule has 0 spiro atoms. The Bertz CT molecular complexity index is 813. The van der Waals surface area contributed by atoms with E-state index >= 15 is 0 Å². The first-order chi connectivity index (χ1) is 18.8. The fraction of sp³-hybridized carbons (Fsp3) is 1.00. The van der Waals surface area contributed by atoms with Crippen molar-refractivity contribution in [1.82, 2.24) is 42.2 Å². The summed E-state index contributed by atoms with van der Waals surface area (Å²) in [7, 11) is -6.80. The van der Waals surface area contributed by atoms with E-state index in [1.165, 1.54) is 162 Å². The standard InChI is InChI=1S/C26H56N9P3/c1-3-15-29(16-4-1)36(30-17-6-7-18-30)27-37(31-19-8-9-20-31,32-21-10-11-22-32)35-26-14-2-5-25-34(26)38(35,28-36)33-23-12-13-24-33/h26-28,36-38H,1-25H2. The second kappa shape index (κ2) is 10.6. The van der Waals surface area contributed by atoms with Crippen LogP contribution >= 0.6 is 23.6 Å². The van der Waals surface area contributed by atoms with Gasteiger partial charge in [-0.25, -0.2) is 0 Å². The van der Waals surface area contributed by atoms with E-state index < -0.39 is 23.6 Å². The van der Waals surface area contributed by atoms with Crippen molar-refractivity contribution in [1.29, 1.82) is 0 Å². The molecule has 9 nitrogen and oxygen atoms in total. The van der Waals surface area contributed by atoms with Crippen LogP contribution in [0.25, 0.3) is 0 Å². The van der Waals surface area contributed by atoms with Crippen LogP contribution in [0.4, 0.5) is 0 Å². The molecule has 2 N–H and O–H groups in total. The first-order valence-electron chi connectivity index (χ1n) is 16.7. The zero-order valence-corrected chi connectivity index (χ0v) is 26.9. The van der Waals surface area contributed by atoms with Gasteiger partial charge in [-0.2, -0.15) is 0 Å². The Hall–Kier alpha value is 0.930. The molecule has 8 rings (SSSR count). The minimum absolute atomic E-state index is 0.677. The molecule has 0 aromatic carbocycles. The normalized spacial score (nSPS) is 39.9. The molecule has 0 aromatic rings. The molecule has 12 heteroatoms. The first kappa shape index (κ1) is 26.5. The van der Waals surface area contributed by atoms with Gasteiger partial charge in [0.2, 0.25) is 0 Å². The molecule has 1 unspecified atom stereocenters. The predicted octanol–water partition coefficient (Wildman–Crippen LogP) is 4.41. The fourth-order valence-corrected chi connectivity index (χ4v) is 34.4. The van der Waals surface area contributed by atoms with E-state index in [4.69, 9.17) is 9.72 Å². The van der Waals surface area contributed by atoms with Crippen LogP contribution in [-0.2, 0) is 0 Å². The monoisotopic (exact) mass is 587 g/mol. The SMILES string of the molecule is C1CCN([PH]2(N3CCCC3)N[PH](N3CCCC3)(N3CCCC3)N3C4CCCCN4[PH]3(N3CCCC3)N2)CC1. The molecule has 0 radical (unpaired) electrons. The van der Waals surface area contributed by atoms with Crippen molar-refractivity contribution in [2.75, 3.05) is 72.0 Å². The Morgan fingerprint density at radius 3 is 1.32 bits per heavy atom. The van der Waals surface area contributed by atoms with Crippen LogP contribution in [0.2, 0.25) is 0 Å². The Kier molecular flexibility index (Phi) is 7.39. The van der Waals surface area contributed by atoms with Gasteiger partial charge < -0.3 is 0 Å². The van der Waals surface area contributed by atoms with Crippen LogP contribution in [0.5, 0.6) is 0 Å².